The Hall–Kier alpha value is -2.69. The van der Waals surface area contributed by atoms with E-state index in [-0.39, 0.29) is 23.6 Å². The van der Waals surface area contributed by atoms with Crippen LogP contribution in [0.4, 0.5) is 4.39 Å². The molecule has 1 saturated heterocycles. The van der Waals surface area contributed by atoms with E-state index in [1.165, 1.54) is 24.3 Å². The molecule has 0 N–H and O–H groups in total. The second-order valence-corrected chi connectivity index (χ2v) is 7.15. The number of halogens is 1. The first-order valence-electron chi connectivity index (χ1n) is 9.20. The van der Waals surface area contributed by atoms with E-state index in [0.717, 1.165) is 16.7 Å². The van der Waals surface area contributed by atoms with Crippen LogP contribution in [0.1, 0.15) is 39.9 Å². The van der Waals surface area contributed by atoms with Gasteiger partial charge in [-0.25, -0.2) is 4.39 Å². The zero-order chi connectivity index (χ0) is 19.6. The minimum Gasteiger partial charge on any atom is -0.426 e. The van der Waals surface area contributed by atoms with Gasteiger partial charge in [-0.2, -0.15) is 0 Å². The summed E-state index contributed by atoms with van der Waals surface area (Å²) < 4.78 is 18.7. The van der Waals surface area contributed by atoms with Crippen molar-refractivity contribution in [2.24, 2.45) is 5.92 Å². The molecular formula is C22H24FNO3. The fourth-order valence-electron chi connectivity index (χ4n) is 3.36. The van der Waals surface area contributed by atoms with Crippen LogP contribution in [0.25, 0.3) is 0 Å². The lowest BCUT2D eigenvalue weighted by Gasteiger charge is -2.31. The van der Waals surface area contributed by atoms with E-state index in [1.807, 2.05) is 32.9 Å². The third kappa shape index (κ3) is 4.18. The van der Waals surface area contributed by atoms with E-state index in [4.69, 9.17) is 4.74 Å². The minimum absolute atomic E-state index is 0.132. The number of hydrogen-bond donors (Lipinski definition) is 0. The number of piperidine rings is 1. The smallest absolute Gasteiger partial charge is 0.314 e. The van der Waals surface area contributed by atoms with Crippen LogP contribution in [-0.2, 0) is 4.79 Å². The predicted octanol–water partition coefficient (Wildman–Crippen LogP) is 4.21. The number of nitrogens with zero attached hydrogens (tertiary/aromatic N) is 1. The van der Waals surface area contributed by atoms with Gasteiger partial charge in [-0.15, -0.1) is 0 Å². The van der Waals surface area contributed by atoms with Gasteiger partial charge in [-0.1, -0.05) is 12.1 Å². The highest BCUT2D eigenvalue weighted by Gasteiger charge is 2.29. The monoisotopic (exact) mass is 369 g/mol. The fourth-order valence-corrected chi connectivity index (χ4v) is 3.36. The molecule has 3 rings (SSSR count). The first kappa shape index (κ1) is 19.1. The minimum atomic E-state index is -0.366. The van der Waals surface area contributed by atoms with E-state index in [0.29, 0.717) is 37.2 Å². The van der Waals surface area contributed by atoms with Gasteiger partial charge in [-0.3, -0.25) is 9.59 Å². The number of carbonyl (C=O) groups is 2. The summed E-state index contributed by atoms with van der Waals surface area (Å²) in [6.45, 7) is 6.85. The number of carbonyl (C=O) groups excluding carboxylic acids is 2. The summed E-state index contributed by atoms with van der Waals surface area (Å²) in [5, 5.41) is 0. The molecule has 0 aromatic heterocycles. The van der Waals surface area contributed by atoms with Gasteiger partial charge in [0.05, 0.1) is 5.92 Å². The summed E-state index contributed by atoms with van der Waals surface area (Å²) in [5.74, 6) is -0.311. The van der Waals surface area contributed by atoms with Gasteiger partial charge in [-0.05, 0) is 74.6 Å². The lowest BCUT2D eigenvalue weighted by Crippen LogP contribution is -2.41. The topological polar surface area (TPSA) is 46.6 Å². The molecule has 0 radical (unpaired) electrons. The van der Waals surface area contributed by atoms with Gasteiger partial charge in [0, 0.05) is 18.7 Å². The van der Waals surface area contributed by atoms with Crippen LogP contribution in [0.2, 0.25) is 0 Å². The maximum absolute atomic E-state index is 13.0. The molecule has 0 unspecified atom stereocenters. The number of esters is 1. The Morgan fingerprint density at radius 3 is 2.19 bits per heavy atom. The SMILES string of the molecule is Cc1ccc(C)c(OC(=O)C2CCN(C(=O)c3ccc(F)cc3)CC2)c1C. The number of aryl methyl sites for hydroxylation is 2. The molecule has 142 valence electrons. The van der Waals surface area contributed by atoms with Crippen LogP contribution in [0, 0.1) is 32.5 Å². The van der Waals surface area contributed by atoms with Crippen LogP contribution in [0.3, 0.4) is 0 Å². The van der Waals surface area contributed by atoms with Crippen molar-refractivity contribution in [1.29, 1.82) is 0 Å². The molecule has 5 heteroatoms. The number of benzene rings is 2. The summed E-state index contributed by atoms with van der Waals surface area (Å²) in [6.07, 6.45) is 1.13. The molecule has 27 heavy (non-hydrogen) atoms. The maximum atomic E-state index is 13.0. The van der Waals surface area contributed by atoms with Crippen LogP contribution in [0.5, 0.6) is 5.75 Å². The summed E-state index contributed by atoms with van der Waals surface area (Å²) in [4.78, 5) is 26.8. The van der Waals surface area contributed by atoms with Crippen LogP contribution in [0.15, 0.2) is 36.4 Å². The van der Waals surface area contributed by atoms with Crippen molar-refractivity contribution in [2.75, 3.05) is 13.1 Å². The zero-order valence-corrected chi connectivity index (χ0v) is 15.9. The normalized spacial score (nSPS) is 14.9. The van der Waals surface area contributed by atoms with E-state index in [1.54, 1.807) is 4.90 Å². The van der Waals surface area contributed by atoms with Crippen LogP contribution >= 0.6 is 0 Å². The molecule has 1 aliphatic heterocycles. The average Bonchev–Trinajstić information content (AvgIpc) is 2.68. The Balaban J connectivity index is 1.60. The molecule has 4 nitrogen and oxygen atoms in total. The van der Waals surface area contributed by atoms with Crippen molar-refractivity contribution < 1.29 is 18.7 Å². The standard InChI is InChI=1S/C22H24FNO3/c1-14-4-5-15(2)20(16(14)3)27-22(26)18-10-12-24(13-11-18)21(25)17-6-8-19(23)9-7-17/h4-9,18H,10-13H2,1-3H3. The molecule has 2 aromatic rings. The molecule has 1 amide bonds. The molecule has 0 atom stereocenters. The molecule has 1 aliphatic rings. The van der Waals surface area contributed by atoms with Crippen molar-refractivity contribution >= 4 is 11.9 Å². The number of amides is 1. The van der Waals surface area contributed by atoms with E-state index in [9.17, 15) is 14.0 Å². The third-order valence-corrected chi connectivity index (χ3v) is 5.28. The second kappa shape index (κ2) is 7.91. The average molecular weight is 369 g/mol. The Morgan fingerprint density at radius 2 is 1.56 bits per heavy atom. The number of ether oxygens (including phenoxy) is 1. The van der Waals surface area contributed by atoms with Crippen LogP contribution < -0.4 is 4.74 Å². The van der Waals surface area contributed by atoms with Gasteiger partial charge >= 0.3 is 5.97 Å². The zero-order valence-electron chi connectivity index (χ0n) is 15.9. The van der Waals surface area contributed by atoms with E-state index >= 15 is 0 Å². The second-order valence-electron chi connectivity index (χ2n) is 7.15. The molecule has 0 bridgehead atoms. The summed E-state index contributed by atoms with van der Waals surface area (Å²) in [7, 11) is 0. The Kier molecular flexibility index (Phi) is 5.59. The Morgan fingerprint density at radius 1 is 0.963 bits per heavy atom. The summed E-state index contributed by atoms with van der Waals surface area (Å²) >= 11 is 0. The van der Waals surface area contributed by atoms with Gasteiger partial charge in [0.1, 0.15) is 11.6 Å². The predicted molar refractivity (Wildman–Crippen MR) is 101 cm³/mol. The van der Waals surface area contributed by atoms with Crippen molar-refractivity contribution in [3.63, 3.8) is 0 Å². The van der Waals surface area contributed by atoms with Crippen molar-refractivity contribution in [3.8, 4) is 5.75 Å². The molecule has 0 aliphatic carbocycles. The first-order chi connectivity index (χ1) is 12.9. The van der Waals surface area contributed by atoms with Crippen molar-refractivity contribution in [3.05, 3.63) is 64.5 Å². The molecule has 2 aromatic carbocycles. The maximum Gasteiger partial charge on any atom is 0.314 e. The van der Waals surface area contributed by atoms with Crippen LogP contribution in [-0.4, -0.2) is 29.9 Å². The number of rotatable bonds is 3. The first-order valence-corrected chi connectivity index (χ1v) is 9.20. The highest BCUT2D eigenvalue weighted by Crippen LogP contribution is 2.28. The van der Waals surface area contributed by atoms with Crippen molar-refractivity contribution in [2.45, 2.75) is 33.6 Å². The molecule has 0 spiro atoms. The lowest BCUT2D eigenvalue weighted by atomic mass is 9.96. The van der Waals surface area contributed by atoms with Gasteiger partial charge in [0.2, 0.25) is 0 Å². The lowest BCUT2D eigenvalue weighted by molar-refractivity contribution is -0.140. The molecule has 1 fully saturated rings. The highest BCUT2D eigenvalue weighted by molar-refractivity contribution is 5.94. The third-order valence-electron chi connectivity index (χ3n) is 5.28. The summed E-state index contributed by atoms with van der Waals surface area (Å²) in [6, 6.07) is 9.51. The van der Waals surface area contributed by atoms with Crippen molar-refractivity contribution in [1.82, 2.24) is 4.90 Å². The highest BCUT2D eigenvalue weighted by atomic mass is 19.1. The largest absolute Gasteiger partial charge is 0.426 e. The Labute approximate surface area is 158 Å². The summed E-state index contributed by atoms with van der Waals surface area (Å²) in [5.41, 5.74) is 3.47. The number of likely N-dealkylation sites (tertiary alicyclic amines) is 1. The molecule has 0 saturated carbocycles. The Bertz CT molecular complexity index is 853. The van der Waals surface area contributed by atoms with Gasteiger partial charge in [0.15, 0.2) is 0 Å². The fraction of sp³-hybridized carbons (Fsp3) is 0.364. The van der Waals surface area contributed by atoms with E-state index in [2.05, 4.69) is 0 Å². The van der Waals surface area contributed by atoms with E-state index < -0.39 is 0 Å². The van der Waals surface area contributed by atoms with Gasteiger partial charge in [0.25, 0.3) is 5.91 Å². The van der Waals surface area contributed by atoms with Gasteiger partial charge < -0.3 is 9.64 Å². The molecular weight excluding hydrogens is 345 g/mol. The molecule has 1 heterocycles. The quantitative estimate of drug-likeness (QED) is 0.601. The number of hydrogen-bond acceptors (Lipinski definition) is 3.